The predicted molar refractivity (Wildman–Crippen MR) is 88.8 cm³/mol. The number of halogens is 2. The second-order valence-electron chi connectivity index (χ2n) is 6.28. The highest BCUT2D eigenvalue weighted by atomic mass is 35.5. The molecule has 0 saturated heterocycles. The van der Waals surface area contributed by atoms with Crippen molar-refractivity contribution >= 4 is 11.6 Å². The van der Waals surface area contributed by atoms with E-state index in [1.165, 1.54) is 12.1 Å². The Morgan fingerprint density at radius 1 is 1.05 bits per heavy atom. The van der Waals surface area contributed by atoms with Gasteiger partial charge < -0.3 is 10.1 Å². The Kier molecular flexibility index (Phi) is 5.43. The molecule has 0 saturated carbocycles. The van der Waals surface area contributed by atoms with Gasteiger partial charge in [0.1, 0.15) is 18.2 Å². The second-order valence-corrected chi connectivity index (χ2v) is 6.69. The Bertz CT molecular complexity index is 620. The predicted octanol–water partition coefficient (Wildman–Crippen LogP) is 4.95. The highest BCUT2D eigenvalue weighted by Crippen LogP contribution is 2.26. The second kappa shape index (κ2) is 7.12. The molecule has 0 bridgehead atoms. The number of hydrogen-bond acceptors (Lipinski definition) is 2. The lowest BCUT2D eigenvalue weighted by atomic mass is 10.1. The van der Waals surface area contributed by atoms with Gasteiger partial charge in [-0.1, -0.05) is 29.8 Å². The molecule has 2 aromatic carbocycles. The Balaban J connectivity index is 1.96. The summed E-state index contributed by atoms with van der Waals surface area (Å²) in [7, 11) is 0. The molecule has 0 atom stereocenters. The molecular weight excluding hydrogens is 301 g/mol. The first-order valence-electron chi connectivity index (χ1n) is 7.24. The van der Waals surface area contributed by atoms with E-state index in [1.807, 2.05) is 18.2 Å². The summed E-state index contributed by atoms with van der Waals surface area (Å²) in [5, 5.41) is 3.99. The van der Waals surface area contributed by atoms with Crippen molar-refractivity contribution in [1.29, 1.82) is 0 Å². The Hall–Kier alpha value is -1.58. The minimum Gasteiger partial charge on any atom is -0.487 e. The van der Waals surface area contributed by atoms with Gasteiger partial charge in [-0.25, -0.2) is 4.39 Å². The highest BCUT2D eigenvalue weighted by molar-refractivity contribution is 6.32. The number of benzene rings is 2. The maximum Gasteiger partial charge on any atom is 0.138 e. The third-order valence-electron chi connectivity index (χ3n) is 3.13. The molecule has 0 aliphatic rings. The van der Waals surface area contributed by atoms with Gasteiger partial charge in [0, 0.05) is 12.1 Å². The lowest BCUT2D eigenvalue weighted by molar-refractivity contribution is 0.306. The SMILES string of the molecule is CC(C)(C)NCc1ccc(OCc2ccc(F)cc2)c(Cl)c1. The van der Waals surface area contributed by atoms with Gasteiger partial charge in [-0.05, 0) is 56.2 Å². The van der Waals surface area contributed by atoms with Crippen LogP contribution in [0.15, 0.2) is 42.5 Å². The molecule has 2 aromatic rings. The number of ether oxygens (including phenoxy) is 1. The van der Waals surface area contributed by atoms with Crippen molar-refractivity contribution in [2.24, 2.45) is 0 Å². The molecule has 0 spiro atoms. The summed E-state index contributed by atoms with van der Waals surface area (Å²) in [5.74, 6) is 0.378. The van der Waals surface area contributed by atoms with Crippen LogP contribution in [0.25, 0.3) is 0 Å². The lowest BCUT2D eigenvalue weighted by Crippen LogP contribution is -2.35. The van der Waals surface area contributed by atoms with Crippen LogP contribution < -0.4 is 10.1 Å². The Morgan fingerprint density at radius 3 is 2.27 bits per heavy atom. The molecule has 0 aliphatic carbocycles. The molecule has 0 heterocycles. The number of nitrogens with one attached hydrogen (secondary N) is 1. The van der Waals surface area contributed by atoms with Crippen molar-refractivity contribution in [3.05, 3.63) is 64.4 Å². The van der Waals surface area contributed by atoms with Crippen molar-refractivity contribution in [3.63, 3.8) is 0 Å². The third-order valence-corrected chi connectivity index (χ3v) is 3.42. The van der Waals surface area contributed by atoms with Crippen LogP contribution in [0.3, 0.4) is 0 Å². The van der Waals surface area contributed by atoms with Crippen molar-refractivity contribution in [3.8, 4) is 5.75 Å². The molecule has 0 amide bonds. The van der Waals surface area contributed by atoms with E-state index in [1.54, 1.807) is 12.1 Å². The van der Waals surface area contributed by atoms with Crippen LogP contribution in [0, 0.1) is 5.82 Å². The minimum absolute atomic E-state index is 0.0598. The average molecular weight is 322 g/mol. The van der Waals surface area contributed by atoms with Gasteiger partial charge in [0.15, 0.2) is 0 Å². The van der Waals surface area contributed by atoms with E-state index in [9.17, 15) is 4.39 Å². The molecule has 0 fully saturated rings. The van der Waals surface area contributed by atoms with E-state index in [0.29, 0.717) is 17.4 Å². The minimum atomic E-state index is -0.252. The number of rotatable bonds is 5. The van der Waals surface area contributed by atoms with Gasteiger partial charge in [-0.15, -0.1) is 0 Å². The molecule has 0 aliphatic heterocycles. The third kappa shape index (κ3) is 5.32. The molecule has 118 valence electrons. The van der Waals surface area contributed by atoms with Gasteiger partial charge in [-0.3, -0.25) is 0 Å². The van der Waals surface area contributed by atoms with Crippen molar-refractivity contribution in [2.75, 3.05) is 0 Å². The van der Waals surface area contributed by atoms with Crippen LogP contribution in [0.5, 0.6) is 5.75 Å². The molecule has 0 unspecified atom stereocenters. The molecule has 0 radical (unpaired) electrons. The van der Waals surface area contributed by atoms with Crippen molar-refractivity contribution in [1.82, 2.24) is 5.32 Å². The van der Waals surface area contributed by atoms with Crippen molar-refractivity contribution in [2.45, 2.75) is 39.5 Å². The fourth-order valence-electron chi connectivity index (χ4n) is 1.88. The van der Waals surface area contributed by atoms with Crippen LogP contribution in [-0.2, 0) is 13.2 Å². The zero-order valence-electron chi connectivity index (χ0n) is 13.1. The molecular formula is C18H21ClFNO. The van der Waals surface area contributed by atoms with E-state index in [2.05, 4.69) is 26.1 Å². The standard InChI is InChI=1S/C18H21ClFNO/c1-18(2,3)21-11-14-6-9-17(16(19)10-14)22-12-13-4-7-15(20)8-5-13/h4-10,21H,11-12H2,1-3H3. The summed E-state index contributed by atoms with van der Waals surface area (Å²) < 4.78 is 18.5. The van der Waals surface area contributed by atoms with E-state index in [4.69, 9.17) is 16.3 Å². The molecule has 2 rings (SSSR count). The van der Waals surface area contributed by atoms with E-state index in [0.717, 1.165) is 17.7 Å². The summed E-state index contributed by atoms with van der Waals surface area (Å²) in [5.41, 5.74) is 2.06. The summed E-state index contributed by atoms with van der Waals surface area (Å²) in [6, 6.07) is 12.0. The topological polar surface area (TPSA) is 21.3 Å². The van der Waals surface area contributed by atoms with E-state index >= 15 is 0 Å². The smallest absolute Gasteiger partial charge is 0.138 e. The molecule has 0 aromatic heterocycles. The summed E-state index contributed by atoms with van der Waals surface area (Å²) in [6.45, 7) is 7.47. The first-order valence-corrected chi connectivity index (χ1v) is 7.62. The van der Waals surface area contributed by atoms with Crippen molar-refractivity contribution < 1.29 is 9.13 Å². The Morgan fingerprint density at radius 2 is 1.68 bits per heavy atom. The fraction of sp³-hybridized carbons (Fsp3) is 0.333. The van der Waals surface area contributed by atoms with E-state index < -0.39 is 0 Å². The summed E-state index contributed by atoms with van der Waals surface area (Å²) in [4.78, 5) is 0. The quantitative estimate of drug-likeness (QED) is 0.841. The monoisotopic (exact) mass is 321 g/mol. The molecule has 1 N–H and O–H groups in total. The van der Waals surface area contributed by atoms with Gasteiger partial charge in [-0.2, -0.15) is 0 Å². The lowest BCUT2D eigenvalue weighted by Gasteiger charge is -2.20. The van der Waals surface area contributed by atoms with Crippen LogP contribution in [0.2, 0.25) is 5.02 Å². The van der Waals surface area contributed by atoms with Crippen LogP contribution in [-0.4, -0.2) is 5.54 Å². The average Bonchev–Trinajstić information content (AvgIpc) is 2.45. The highest BCUT2D eigenvalue weighted by Gasteiger charge is 2.09. The normalized spacial score (nSPS) is 11.5. The molecule has 4 heteroatoms. The van der Waals surface area contributed by atoms with Crippen LogP contribution in [0.1, 0.15) is 31.9 Å². The zero-order valence-corrected chi connectivity index (χ0v) is 13.9. The molecule has 22 heavy (non-hydrogen) atoms. The maximum absolute atomic E-state index is 12.8. The van der Waals surface area contributed by atoms with Crippen LogP contribution >= 0.6 is 11.6 Å². The first-order chi connectivity index (χ1) is 10.3. The first kappa shape index (κ1) is 16.8. The zero-order chi connectivity index (χ0) is 16.2. The number of hydrogen-bond donors (Lipinski definition) is 1. The van der Waals surface area contributed by atoms with Gasteiger partial charge in [0.25, 0.3) is 0 Å². The Labute approximate surface area is 136 Å². The summed E-state index contributed by atoms with van der Waals surface area (Å²) in [6.07, 6.45) is 0. The van der Waals surface area contributed by atoms with Gasteiger partial charge >= 0.3 is 0 Å². The van der Waals surface area contributed by atoms with E-state index in [-0.39, 0.29) is 11.4 Å². The maximum atomic E-state index is 12.8. The largest absolute Gasteiger partial charge is 0.487 e. The van der Waals surface area contributed by atoms with Gasteiger partial charge in [0.05, 0.1) is 5.02 Å². The molecule has 2 nitrogen and oxygen atoms in total. The fourth-order valence-corrected chi connectivity index (χ4v) is 2.14. The van der Waals surface area contributed by atoms with Crippen LogP contribution in [0.4, 0.5) is 4.39 Å². The van der Waals surface area contributed by atoms with Gasteiger partial charge in [0.2, 0.25) is 0 Å². The summed E-state index contributed by atoms with van der Waals surface area (Å²) >= 11 is 6.26.